The minimum Gasteiger partial charge on any atom is -0.355 e. The lowest BCUT2D eigenvalue weighted by Crippen LogP contribution is -2.13. The van der Waals surface area contributed by atoms with Crippen LogP contribution in [0.25, 0.3) is 0 Å². The highest BCUT2D eigenvalue weighted by Gasteiger charge is 2.24. The molecule has 1 atom stereocenters. The van der Waals surface area contributed by atoms with Crippen LogP contribution in [0, 0.1) is 0 Å². The summed E-state index contributed by atoms with van der Waals surface area (Å²) >= 11 is 9.29. The van der Waals surface area contributed by atoms with Crippen molar-refractivity contribution >= 4 is 33.4 Å². The lowest BCUT2D eigenvalue weighted by Gasteiger charge is -2.09. The van der Waals surface area contributed by atoms with E-state index in [4.69, 9.17) is 11.6 Å². The minimum absolute atomic E-state index is 0.122. The Morgan fingerprint density at radius 1 is 1.50 bits per heavy atom. The summed E-state index contributed by atoms with van der Waals surface area (Å²) in [5, 5.41) is 3.52. The highest BCUT2D eigenvalue weighted by Crippen LogP contribution is 2.31. The van der Waals surface area contributed by atoms with E-state index in [0.29, 0.717) is 11.4 Å². The summed E-state index contributed by atoms with van der Waals surface area (Å²) in [4.78, 5) is 11.1. The molecule has 1 amide bonds. The van der Waals surface area contributed by atoms with E-state index in [1.54, 1.807) is 0 Å². The van der Waals surface area contributed by atoms with Crippen LogP contribution < -0.4 is 5.32 Å². The Bertz CT molecular complexity index is 380. The van der Waals surface area contributed by atoms with Gasteiger partial charge < -0.3 is 5.32 Å². The van der Waals surface area contributed by atoms with Gasteiger partial charge in [0.2, 0.25) is 5.91 Å². The first-order valence-electron chi connectivity index (χ1n) is 4.38. The van der Waals surface area contributed by atoms with Crippen molar-refractivity contribution in [3.05, 3.63) is 33.3 Å². The third kappa shape index (κ3) is 1.93. The van der Waals surface area contributed by atoms with Crippen LogP contribution >= 0.6 is 27.5 Å². The monoisotopic (exact) mass is 273 g/mol. The van der Waals surface area contributed by atoms with E-state index in [1.165, 1.54) is 0 Å². The molecule has 1 aliphatic heterocycles. The van der Waals surface area contributed by atoms with Gasteiger partial charge in [-0.2, -0.15) is 0 Å². The Morgan fingerprint density at radius 3 is 2.86 bits per heavy atom. The van der Waals surface area contributed by atoms with Crippen LogP contribution in [0.2, 0.25) is 5.02 Å². The first kappa shape index (κ1) is 9.99. The number of halogens is 2. The molecule has 1 fully saturated rings. The molecule has 0 unspecified atom stereocenters. The number of hydrogen-bond acceptors (Lipinski definition) is 1. The highest BCUT2D eigenvalue weighted by atomic mass is 79.9. The number of hydrogen-bond donors (Lipinski definition) is 1. The third-order valence-corrected chi connectivity index (χ3v) is 3.30. The standard InChI is InChI=1S/C10H9BrClNO/c11-9-4-7(12)1-2-8(9)6-3-10(14)13-5-6/h1-2,4,6H,3,5H2,(H,13,14)/t6-/m0/s1. The van der Waals surface area contributed by atoms with Gasteiger partial charge in [0.25, 0.3) is 0 Å². The summed E-state index contributed by atoms with van der Waals surface area (Å²) in [6.07, 6.45) is 0.570. The topological polar surface area (TPSA) is 29.1 Å². The van der Waals surface area contributed by atoms with Crippen molar-refractivity contribution < 1.29 is 4.79 Å². The van der Waals surface area contributed by atoms with Crippen LogP contribution in [-0.4, -0.2) is 12.5 Å². The molecule has 1 aliphatic rings. The second-order valence-electron chi connectivity index (χ2n) is 3.37. The molecule has 1 aromatic rings. The van der Waals surface area contributed by atoms with Crippen LogP contribution in [0.15, 0.2) is 22.7 Å². The SMILES string of the molecule is O=C1C[C@H](c2ccc(Cl)cc2Br)CN1. The van der Waals surface area contributed by atoms with Gasteiger partial charge in [-0.05, 0) is 17.7 Å². The summed E-state index contributed by atoms with van der Waals surface area (Å²) < 4.78 is 0.978. The molecule has 0 aliphatic carbocycles. The van der Waals surface area contributed by atoms with Crippen molar-refractivity contribution in [2.45, 2.75) is 12.3 Å². The molecule has 0 bridgehead atoms. The minimum atomic E-state index is 0.122. The van der Waals surface area contributed by atoms with Crippen LogP contribution in [-0.2, 0) is 4.79 Å². The lowest BCUT2D eigenvalue weighted by molar-refractivity contribution is -0.119. The van der Waals surface area contributed by atoms with Gasteiger partial charge in [0.15, 0.2) is 0 Å². The zero-order chi connectivity index (χ0) is 10.1. The number of amides is 1. The molecule has 0 aromatic heterocycles. The largest absolute Gasteiger partial charge is 0.355 e. The molecular weight excluding hydrogens is 265 g/mol. The van der Waals surface area contributed by atoms with Crippen molar-refractivity contribution in [1.82, 2.24) is 5.32 Å². The predicted molar refractivity (Wildman–Crippen MR) is 59.5 cm³/mol. The normalized spacial score (nSPS) is 21.0. The van der Waals surface area contributed by atoms with Gasteiger partial charge in [-0.25, -0.2) is 0 Å². The second kappa shape index (κ2) is 3.91. The lowest BCUT2D eigenvalue weighted by atomic mass is 9.98. The van der Waals surface area contributed by atoms with Crippen molar-refractivity contribution in [3.8, 4) is 0 Å². The summed E-state index contributed by atoms with van der Waals surface area (Å²) in [5.41, 5.74) is 1.15. The first-order valence-corrected chi connectivity index (χ1v) is 5.55. The van der Waals surface area contributed by atoms with Gasteiger partial charge in [0, 0.05) is 28.4 Å². The number of benzene rings is 1. The number of rotatable bonds is 1. The predicted octanol–water partition coefficient (Wildman–Crippen LogP) is 2.71. The van der Waals surface area contributed by atoms with E-state index in [0.717, 1.165) is 16.6 Å². The average molecular weight is 275 g/mol. The smallest absolute Gasteiger partial charge is 0.220 e. The average Bonchev–Trinajstić information content (AvgIpc) is 2.51. The fraction of sp³-hybridized carbons (Fsp3) is 0.300. The fourth-order valence-electron chi connectivity index (χ4n) is 1.66. The molecule has 1 aromatic carbocycles. The van der Waals surface area contributed by atoms with Gasteiger partial charge in [-0.1, -0.05) is 33.6 Å². The Labute approximate surface area is 95.8 Å². The maximum atomic E-state index is 11.1. The molecule has 0 spiro atoms. The molecule has 74 valence electrons. The summed E-state index contributed by atoms with van der Waals surface area (Å²) in [6.45, 7) is 0.721. The van der Waals surface area contributed by atoms with E-state index in [-0.39, 0.29) is 11.8 Å². The third-order valence-electron chi connectivity index (χ3n) is 2.38. The molecule has 2 nitrogen and oxygen atoms in total. The molecular formula is C10H9BrClNO. The van der Waals surface area contributed by atoms with Gasteiger partial charge in [0.1, 0.15) is 0 Å². The molecule has 1 heterocycles. The second-order valence-corrected chi connectivity index (χ2v) is 4.66. The molecule has 4 heteroatoms. The van der Waals surface area contributed by atoms with Gasteiger partial charge in [-0.3, -0.25) is 4.79 Å². The van der Waals surface area contributed by atoms with E-state index < -0.39 is 0 Å². The zero-order valence-corrected chi connectivity index (χ0v) is 9.73. The Balaban J connectivity index is 2.28. The molecule has 1 saturated heterocycles. The van der Waals surface area contributed by atoms with Gasteiger partial charge >= 0.3 is 0 Å². The Hall–Kier alpha value is -0.540. The van der Waals surface area contributed by atoms with Crippen molar-refractivity contribution in [1.29, 1.82) is 0 Å². The number of nitrogens with one attached hydrogen (secondary N) is 1. The Kier molecular flexibility index (Phi) is 2.79. The van der Waals surface area contributed by atoms with Crippen LogP contribution in [0.4, 0.5) is 0 Å². The van der Waals surface area contributed by atoms with Crippen LogP contribution in [0.3, 0.4) is 0 Å². The number of carbonyl (C=O) groups is 1. The zero-order valence-electron chi connectivity index (χ0n) is 7.39. The van der Waals surface area contributed by atoms with Gasteiger partial charge in [0.05, 0.1) is 0 Å². The molecule has 2 rings (SSSR count). The highest BCUT2D eigenvalue weighted by molar-refractivity contribution is 9.10. The summed E-state index contributed by atoms with van der Waals surface area (Å²) in [5.74, 6) is 0.394. The van der Waals surface area contributed by atoms with E-state index >= 15 is 0 Å². The van der Waals surface area contributed by atoms with Crippen molar-refractivity contribution in [2.75, 3.05) is 6.54 Å². The maximum Gasteiger partial charge on any atom is 0.220 e. The summed E-state index contributed by atoms with van der Waals surface area (Å²) in [6, 6.07) is 5.68. The molecule has 0 saturated carbocycles. The van der Waals surface area contributed by atoms with E-state index in [9.17, 15) is 4.79 Å². The van der Waals surface area contributed by atoms with Crippen molar-refractivity contribution in [3.63, 3.8) is 0 Å². The quantitative estimate of drug-likeness (QED) is 0.838. The number of carbonyl (C=O) groups excluding carboxylic acids is 1. The Morgan fingerprint density at radius 2 is 2.29 bits per heavy atom. The van der Waals surface area contributed by atoms with E-state index in [2.05, 4.69) is 21.2 Å². The molecule has 14 heavy (non-hydrogen) atoms. The molecule has 0 radical (unpaired) electrons. The fourth-order valence-corrected chi connectivity index (χ4v) is 2.66. The first-order chi connectivity index (χ1) is 6.66. The summed E-state index contributed by atoms with van der Waals surface area (Å²) in [7, 11) is 0. The van der Waals surface area contributed by atoms with Crippen LogP contribution in [0.1, 0.15) is 17.9 Å². The van der Waals surface area contributed by atoms with Gasteiger partial charge in [-0.15, -0.1) is 0 Å². The molecule has 1 N–H and O–H groups in total. The maximum absolute atomic E-state index is 11.1. The van der Waals surface area contributed by atoms with Crippen molar-refractivity contribution in [2.24, 2.45) is 0 Å². The van der Waals surface area contributed by atoms with E-state index in [1.807, 2.05) is 18.2 Å². The van der Waals surface area contributed by atoms with Crippen LogP contribution in [0.5, 0.6) is 0 Å².